The monoisotopic (exact) mass is 306 g/mol. The lowest BCUT2D eigenvalue weighted by Crippen LogP contribution is -2.45. The van der Waals surface area contributed by atoms with Crippen LogP contribution >= 0.6 is 23.2 Å². The number of carbonyl (C=O) groups excluding carboxylic acids is 2. The van der Waals surface area contributed by atoms with Gasteiger partial charge in [-0.1, -0.05) is 23.2 Å². The molecule has 1 atom stereocenters. The van der Waals surface area contributed by atoms with Crippen molar-refractivity contribution in [3.8, 4) is 0 Å². The zero-order valence-corrected chi connectivity index (χ0v) is 11.5. The van der Waals surface area contributed by atoms with Crippen molar-refractivity contribution in [2.24, 2.45) is 0 Å². The van der Waals surface area contributed by atoms with E-state index in [1.165, 1.54) is 12.1 Å². The summed E-state index contributed by atoms with van der Waals surface area (Å²) in [6.45, 7) is -0.580. The topological polar surface area (TPSA) is 87.7 Å². The van der Waals surface area contributed by atoms with Gasteiger partial charge in [-0.05, 0) is 18.2 Å². The Morgan fingerprint density at radius 2 is 2.11 bits per heavy atom. The fourth-order valence-electron chi connectivity index (χ4n) is 1.23. The number of hydrogen-bond donors (Lipinski definition) is 3. The number of amides is 2. The minimum absolute atomic E-state index is 0.285. The Hall–Kier alpha value is -1.50. The molecule has 1 unspecified atom stereocenters. The van der Waals surface area contributed by atoms with E-state index in [-0.39, 0.29) is 10.7 Å². The highest BCUT2D eigenvalue weighted by Crippen LogP contribution is 2.25. The van der Waals surface area contributed by atoms with E-state index in [9.17, 15) is 9.59 Å². The number of rotatable bonds is 4. The summed E-state index contributed by atoms with van der Waals surface area (Å²) < 4.78 is 4.41. The van der Waals surface area contributed by atoms with E-state index in [0.29, 0.717) is 5.02 Å². The quantitative estimate of drug-likeness (QED) is 0.738. The van der Waals surface area contributed by atoms with Crippen molar-refractivity contribution in [2.75, 3.05) is 19.0 Å². The summed E-state index contributed by atoms with van der Waals surface area (Å²) in [7, 11) is 1.15. The minimum Gasteiger partial charge on any atom is -0.467 e. The average molecular weight is 307 g/mol. The molecule has 0 aliphatic rings. The van der Waals surface area contributed by atoms with Gasteiger partial charge in [0.2, 0.25) is 0 Å². The van der Waals surface area contributed by atoms with Crippen molar-refractivity contribution < 1.29 is 19.4 Å². The Labute approximate surface area is 119 Å². The Balaban J connectivity index is 2.69. The summed E-state index contributed by atoms with van der Waals surface area (Å²) in [5, 5.41) is 14.3. The number of benzene rings is 1. The van der Waals surface area contributed by atoms with Gasteiger partial charge in [0.1, 0.15) is 0 Å². The average Bonchev–Trinajstić information content (AvgIpc) is 2.39. The van der Waals surface area contributed by atoms with Crippen molar-refractivity contribution in [3.05, 3.63) is 28.2 Å². The van der Waals surface area contributed by atoms with Gasteiger partial charge in [-0.2, -0.15) is 0 Å². The summed E-state index contributed by atoms with van der Waals surface area (Å²) in [5.41, 5.74) is 0.285. The molecule has 0 fully saturated rings. The third kappa shape index (κ3) is 4.59. The SMILES string of the molecule is COC(=O)C(CO)NC(=O)Nc1cc(Cl)ccc1Cl. The van der Waals surface area contributed by atoms with Crippen molar-refractivity contribution >= 4 is 40.9 Å². The van der Waals surface area contributed by atoms with E-state index in [1.807, 2.05) is 0 Å². The van der Waals surface area contributed by atoms with Gasteiger partial charge in [0.15, 0.2) is 6.04 Å². The molecular weight excluding hydrogens is 295 g/mol. The van der Waals surface area contributed by atoms with E-state index in [2.05, 4.69) is 15.4 Å². The molecule has 3 N–H and O–H groups in total. The van der Waals surface area contributed by atoms with Crippen molar-refractivity contribution in [2.45, 2.75) is 6.04 Å². The number of nitrogens with one attached hydrogen (secondary N) is 2. The molecule has 8 heteroatoms. The second-order valence-electron chi connectivity index (χ2n) is 3.48. The maximum Gasteiger partial charge on any atom is 0.330 e. The number of carbonyl (C=O) groups is 2. The number of ether oxygens (including phenoxy) is 1. The standard InChI is InChI=1S/C11H12Cl2N2O4/c1-19-10(17)9(5-16)15-11(18)14-8-4-6(12)2-3-7(8)13/h2-4,9,16H,5H2,1H3,(H2,14,15,18). The summed E-state index contributed by atoms with van der Waals surface area (Å²) in [6.07, 6.45) is 0. The number of aliphatic hydroxyl groups excluding tert-OH is 1. The van der Waals surface area contributed by atoms with Gasteiger partial charge in [0.05, 0.1) is 24.4 Å². The molecule has 1 aromatic rings. The predicted octanol–water partition coefficient (Wildman–Crippen LogP) is 1.65. The minimum atomic E-state index is -1.15. The van der Waals surface area contributed by atoms with Crippen molar-refractivity contribution in [1.29, 1.82) is 0 Å². The summed E-state index contributed by atoms with van der Waals surface area (Å²) in [5.74, 6) is -0.755. The molecule has 19 heavy (non-hydrogen) atoms. The van der Waals surface area contributed by atoms with E-state index in [4.69, 9.17) is 28.3 Å². The number of hydrogen-bond acceptors (Lipinski definition) is 4. The molecule has 0 aliphatic carbocycles. The van der Waals surface area contributed by atoms with Gasteiger partial charge in [0, 0.05) is 5.02 Å². The van der Waals surface area contributed by atoms with Crippen LogP contribution in [0.5, 0.6) is 0 Å². The van der Waals surface area contributed by atoms with Crippen LogP contribution in [0.1, 0.15) is 0 Å². The van der Waals surface area contributed by atoms with Crippen molar-refractivity contribution in [1.82, 2.24) is 5.32 Å². The molecule has 0 aromatic heterocycles. The first-order chi connectivity index (χ1) is 8.97. The van der Waals surface area contributed by atoms with Crippen LogP contribution < -0.4 is 10.6 Å². The van der Waals surface area contributed by atoms with Crippen LogP contribution in [-0.2, 0) is 9.53 Å². The first-order valence-electron chi connectivity index (χ1n) is 5.19. The van der Waals surface area contributed by atoms with Crippen LogP contribution in [-0.4, -0.2) is 36.9 Å². The maximum atomic E-state index is 11.6. The largest absolute Gasteiger partial charge is 0.467 e. The van der Waals surface area contributed by atoms with Crippen LogP contribution in [0, 0.1) is 0 Å². The normalized spacial score (nSPS) is 11.6. The third-order valence-corrected chi connectivity index (χ3v) is 2.71. The summed E-state index contributed by atoms with van der Waals surface area (Å²) in [6, 6.07) is 2.67. The van der Waals surface area contributed by atoms with Crippen LogP contribution in [0.3, 0.4) is 0 Å². The number of anilines is 1. The lowest BCUT2D eigenvalue weighted by atomic mass is 10.3. The Bertz CT molecular complexity index is 482. The smallest absolute Gasteiger partial charge is 0.330 e. The molecule has 0 radical (unpaired) electrons. The lowest BCUT2D eigenvalue weighted by molar-refractivity contribution is -0.143. The first-order valence-corrected chi connectivity index (χ1v) is 5.94. The predicted molar refractivity (Wildman–Crippen MR) is 71.5 cm³/mol. The molecule has 0 heterocycles. The van der Waals surface area contributed by atoms with Gasteiger partial charge in [0.25, 0.3) is 0 Å². The molecule has 1 rings (SSSR count). The van der Waals surface area contributed by atoms with Crippen LogP contribution in [0.15, 0.2) is 18.2 Å². The molecule has 0 spiro atoms. The summed E-state index contributed by atoms with van der Waals surface area (Å²) >= 11 is 11.6. The Morgan fingerprint density at radius 3 is 2.68 bits per heavy atom. The zero-order chi connectivity index (χ0) is 14.4. The Morgan fingerprint density at radius 1 is 1.42 bits per heavy atom. The second kappa shape index (κ2) is 7.18. The molecule has 6 nitrogen and oxygen atoms in total. The fourth-order valence-corrected chi connectivity index (χ4v) is 1.57. The fraction of sp³-hybridized carbons (Fsp3) is 0.273. The van der Waals surface area contributed by atoms with Gasteiger partial charge >= 0.3 is 12.0 Å². The van der Waals surface area contributed by atoms with Gasteiger partial charge in [-0.3, -0.25) is 0 Å². The highest BCUT2D eigenvalue weighted by atomic mass is 35.5. The van der Waals surface area contributed by atoms with Crippen LogP contribution in [0.25, 0.3) is 0 Å². The van der Waals surface area contributed by atoms with Gasteiger partial charge < -0.3 is 20.5 Å². The second-order valence-corrected chi connectivity index (χ2v) is 4.32. The lowest BCUT2D eigenvalue weighted by Gasteiger charge is -2.15. The van der Waals surface area contributed by atoms with Crippen molar-refractivity contribution in [3.63, 3.8) is 0 Å². The maximum absolute atomic E-state index is 11.6. The van der Waals surface area contributed by atoms with E-state index < -0.39 is 24.6 Å². The molecule has 0 aliphatic heterocycles. The van der Waals surface area contributed by atoms with Crippen LogP contribution in [0.4, 0.5) is 10.5 Å². The zero-order valence-electron chi connectivity index (χ0n) is 9.94. The molecule has 1 aromatic carbocycles. The molecule has 2 amide bonds. The highest BCUT2D eigenvalue weighted by molar-refractivity contribution is 6.35. The van der Waals surface area contributed by atoms with E-state index >= 15 is 0 Å². The highest BCUT2D eigenvalue weighted by Gasteiger charge is 2.20. The van der Waals surface area contributed by atoms with E-state index in [0.717, 1.165) is 7.11 Å². The molecule has 0 saturated heterocycles. The Kier molecular flexibility index (Phi) is 5.88. The molecular formula is C11H12Cl2N2O4. The number of urea groups is 1. The summed E-state index contributed by atoms with van der Waals surface area (Å²) in [4.78, 5) is 22.8. The van der Waals surface area contributed by atoms with E-state index in [1.54, 1.807) is 6.07 Å². The van der Waals surface area contributed by atoms with Gasteiger partial charge in [-0.25, -0.2) is 9.59 Å². The van der Waals surface area contributed by atoms with Crippen LogP contribution in [0.2, 0.25) is 10.0 Å². The first kappa shape index (κ1) is 15.6. The molecule has 0 bridgehead atoms. The van der Waals surface area contributed by atoms with Gasteiger partial charge in [-0.15, -0.1) is 0 Å². The number of halogens is 2. The molecule has 0 saturated carbocycles. The molecule has 104 valence electrons. The number of methoxy groups -OCH3 is 1. The number of esters is 1. The number of aliphatic hydroxyl groups is 1. The third-order valence-electron chi connectivity index (χ3n) is 2.15.